The third-order valence-electron chi connectivity index (χ3n) is 3.07. The molecule has 1 rings (SSSR count). The predicted octanol–water partition coefficient (Wildman–Crippen LogP) is -0.633. The third kappa shape index (κ3) is 9.72. The molecule has 0 fully saturated rings. The van der Waals surface area contributed by atoms with Crippen molar-refractivity contribution in [3.8, 4) is 0 Å². The van der Waals surface area contributed by atoms with Crippen LogP contribution < -0.4 is 5.32 Å². The molecule has 9 heteroatoms. The highest BCUT2D eigenvalue weighted by Gasteiger charge is 2.22. The molecule has 0 aliphatic heterocycles. The fourth-order valence-corrected chi connectivity index (χ4v) is 1.97. The van der Waals surface area contributed by atoms with Crippen LogP contribution in [-0.2, 0) is 35.0 Å². The lowest BCUT2D eigenvalue weighted by Gasteiger charge is -2.18. The molecule has 0 aliphatic carbocycles. The first-order valence-corrected chi connectivity index (χ1v) is 8.01. The molecular formula is C17H23NO8. The van der Waals surface area contributed by atoms with Crippen LogP contribution in [0.3, 0.4) is 0 Å². The smallest absolute Gasteiger partial charge is 0.329 e. The zero-order chi connectivity index (χ0) is 19.2. The van der Waals surface area contributed by atoms with Gasteiger partial charge in [-0.2, -0.15) is 0 Å². The zero-order valence-electron chi connectivity index (χ0n) is 14.3. The van der Waals surface area contributed by atoms with Crippen LogP contribution >= 0.6 is 0 Å². The largest absolute Gasteiger partial charge is 0.480 e. The van der Waals surface area contributed by atoms with Gasteiger partial charge in [0.1, 0.15) is 25.9 Å². The number of carbonyl (C=O) groups is 3. The van der Waals surface area contributed by atoms with Crippen molar-refractivity contribution >= 4 is 17.8 Å². The lowest BCUT2D eigenvalue weighted by Crippen LogP contribution is -2.45. The van der Waals surface area contributed by atoms with Crippen LogP contribution in [0.5, 0.6) is 0 Å². The minimum Gasteiger partial charge on any atom is -0.480 e. The maximum atomic E-state index is 12.2. The average molecular weight is 369 g/mol. The lowest BCUT2D eigenvalue weighted by atomic mass is 10.1. The monoisotopic (exact) mass is 369 g/mol. The predicted molar refractivity (Wildman–Crippen MR) is 89.4 cm³/mol. The molecule has 1 unspecified atom stereocenters. The van der Waals surface area contributed by atoms with E-state index in [-0.39, 0.29) is 39.5 Å². The molecule has 0 spiro atoms. The number of amides is 1. The number of aliphatic hydroxyl groups is 1. The molecule has 0 saturated heterocycles. The van der Waals surface area contributed by atoms with Crippen LogP contribution in [-0.4, -0.2) is 73.7 Å². The molecule has 0 bridgehead atoms. The van der Waals surface area contributed by atoms with Crippen molar-refractivity contribution in [3.63, 3.8) is 0 Å². The molecule has 1 atom stereocenters. The minimum absolute atomic E-state index is 0.0160. The van der Waals surface area contributed by atoms with Gasteiger partial charge in [0.25, 0.3) is 0 Å². The molecule has 0 heterocycles. The van der Waals surface area contributed by atoms with Gasteiger partial charge >= 0.3 is 11.9 Å². The summed E-state index contributed by atoms with van der Waals surface area (Å²) in [5.74, 6) is -2.30. The fourth-order valence-electron chi connectivity index (χ4n) is 1.97. The topological polar surface area (TPSA) is 131 Å². The Morgan fingerprint density at radius 1 is 1.00 bits per heavy atom. The molecule has 3 N–H and O–H groups in total. The summed E-state index contributed by atoms with van der Waals surface area (Å²) in [5.41, 5.74) is 0.827. The van der Waals surface area contributed by atoms with E-state index in [1.54, 1.807) is 0 Å². The number of aliphatic carboxylic acids is 1. The summed E-state index contributed by atoms with van der Waals surface area (Å²) in [6.45, 7) is -1.16. The van der Waals surface area contributed by atoms with Crippen LogP contribution in [0.4, 0.5) is 0 Å². The molecule has 1 aromatic carbocycles. The van der Waals surface area contributed by atoms with E-state index in [9.17, 15) is 14.4 Å². The number of ether oxygens (including phenoxy) is 3. The van der Waals surface area contributed by atoms with Crippen LogP contribution in [0, 0.1) is 0 Å². The van der Waals surface area contributed by atoms with E-state index in [0.717, 1.165) is 5.56 Å². The Morgan fingerprint density at radius 3 is 2.35 bits per heavy atom. The summed E-state index contributed by atoms with van der Waals surface area (Å²) in [5, 5.41) is 19.6. The van der Waals surface area contributed by atoms with Gasteiger partial charge in [-0.25, -0.2) is 9.59 Å². The Hall–Kier alpha value is -2.49. The van der Waals surface area contributed by atoms with Crippen molar-refractivity contribution in [1.29, 1.82) is 0 Å². The molecule has 1 amide bonds. The number of carboxylic acids is 1. The standard InChI is InChI=1S/C17H23NO8/c19-6-7-24-11-15(20)18-14(10-13-4-2-1-3-5-13)17(23)26-9-8-25-12-16(21)22/h1-5,14,19H,6-12H2,(H,18,20)(H,21,22). The first-order chi connectivity index (χ1) is 12.5. The number of esters is 1. The van der Waals surface area contributed by atoms with Gasteiger partial charge in [0.15, 0.2) is 0 Å². The number of hydrogen-bond acceptors (Lipinski definition) is 7. The van der Waals surface area contributed by atoms with Crippen molar-refractivity contribution in [2.75, 3.05) is 39.6 Å². The van der Waals surface area contributed by atoms with Crippen LogP contribution in [0.2, 0.25) is 0 Å². The maximum absolute atomic E-state index is 12.2. The second kappa shape index (κ2) is 12.8. The fraction of sp³-hybridized carbons (Fsp3) is 0.471. The van der Waals surface area contributed by atoms with Gasteiger partial charge in [0, 0.05) is 6.42 Å². The number of benzene rings is 1. The lowest BCUT2D eigenvalue weighted by molar-refractivity contribution is -0.151. The third-order valence-corrected chi connectivity index (χ3v) is 3.07. The Kier molecular flexibility index (Phi) is 10.6. The van der Waals surface area contributed by atoms with E-state index in [1.807, 2.05) is 30.3 Å². The molecule has 0 saturated carbocycles. The van der Waals surface area contributed by atoms with E-state index >= 15 is 0 Å². The van der Waals surface area contributed by atoms with Gasteiger partial charge in [0.05, 0.1) is 19.8 Å². The molecule has 0 aromatic heterocycles. The molecular weight excluding hydrogens is 346 g/mol. The van der Waals surface area contributed by atoms with Crippen molar-refractivity contribution < 1.29 is 38.8 Å². The Balaban J connectivity index is 2.54. The van der Waals surface area contributed by atoms with Gasteiger partial charge < -0.3 is 29.7 Å². The van der Waals surface area contributed by atoms with E-state index in [2.05, 4.69) is 5.32 Å². The highest BCUT2D eigenvalue weighted by Crippen LogP contribution is 2.05. The number of rotatable bonds is 13. The number of carboxylic acid groups (broad SMARTS) is 1. The Morgan fingerprint density at radius 2 is 1.69 bits per heavy atom. The Bertz CT molecular complexity index is 563. The molecule has 0 radical (unpaired) electrons. The van der Waals surface area contributed by atoms with Gasteiger partial charge in [0.2, 0.25) is 5.91 Å². The van der Waals surface area contributed by atoms with Crippen LogP contribution in [0.15, 0.2) is 30.3 Å². The van der Waals surface area contributed by atoms with Gasteiger partial charge in [-0.15, -0.1) is 0 Å². The first-order valence-electron chi connectivity index (χ1n) is 8.01. The van der Waals surface area contributed by atoms with E-state index in [1.165, 1.54) is 0 Å². The summed E-state index contributed by atoms with van der Waals surface area (Å²) in [4.78, 5) is 34.4. The molecule has 9 nitrogen and oxygen atoms in total. The summed E-state index contributed by atoms with van der Waals surface area (Å²) >= 11 is 0. The second-order valence-corrected chi connectivity index (χ2v) is 5.20. The van der Waals surface area contributed by atoms with E-state index < -0.39 is 30.5 Å². The van der Waals surface area contributed by atoms with Gasteiger partial charge in [-0.05, 0) is 5.56 Å². The van der Waals surface area contributed by atoms with Crippen LogP contribution in [0.25, 0.3) is 0 Å². The maximum Gasteiger partial charge on any atom is 0.329 e. The SMILES string of the molecule is O=C(O)COCCOC(=O)C(Cc1ccccc1)NC(=O)COCCO. The normalized spacial score (nSPS) is 11.6. The zero-order valence-corrected chi connectivity index (χ0v) is 14.3. The van der Waals surface area contributed by atoms with Crippen molar-refractivity contribution in [2.24, 2.45) is 0 Å². The molecule has 144 valence electrons. The number of hydrogen-bond donors (Lipinski definition) is 3. The second-order valence-electron chi connectivity index (χ2n) is 5.20. The average Bonchev–Trinajstić information content (AvgIpc) is 2.61. The van der Waals surface area contributed by atoms with Crippen molar-refractivity contribution in [2.45, 2.75) is 12.5 Å². The van der Waals surface area contributed by atoms with Gasteiger partial charge in [-0.1, -0.05) is 30.3 Å². The van der Waals surface area contributed by atoms with Crippen molar-refractivity contribution in [1.82, 2.24) is 5.32 Å². The molecule has 26 heavy (non-hydrogen) atoms. The number of nitrogens with one attached hydrogen (secondary N) is 1. The van der Waals surface area contributed by atoms with E-state index in [4.69, 9.17) is 24.4 Å². The summed E-state index contributed by atoms with van der Waals surface area (Å²) < 4.78 is 14.7. The first kappa shape index (κ1) is 21.6. The molecule has 1 aromatic rings. The summed E-state index contributed by atoms with van der Waals surface area (Å²) in [6.07, 6.45) is 0.224. The summed E-state index contributed by atoms with van der Waals surface area (Å²) in [6, 6.07) is 8.14. The van der Waals surface area contributed by atoms with Gasteiger partial charge in [-0.3, -0.25) is 4.79 Å². The number of aliphatic hydroxyl groups excluding tert-OH is 1. The highest BCUT2D eigenvalue weighted by molar-refractivity contribution is 5.85. The molecule has 0 aliphatic rings. The Labute approximate surface area is 150 Å². The van der Waals surface area contributed by atoms with E-state index in [0.29, 0.717) is 0 Å². The minimum atomic E-state index is -1.12. The summed E-state index contributed by atoms with van der Waals surface area (Å²) in [7, 11) is 0. The quantitative estimate of drug-likeness (QED) is 0.309. The number of carbonyl (C=O) groups excluding carboxylic acids is 2. The van der Waals surface area contributed by atoms with Crippen LogP contribution in [0.1, 0.15) is 5.56 Å². The highest BCUT2D eigenvalue weighted by atomic mass is 16.6. The van der Waals surface area contributed by atoms with Crippen molar-refractivity contribution in [3.05, 3.63) is 35.9 Å².